The summed E-state index contributed by atoms with van der Waals surface area (Å²) in [6.45, 7) is 0. The van der Waals surface area contributed by atoms with Crippen molar-refractivity contribution >= 4 is 17.5 Å². The van der Waals surface area contributed by atoms with Gasteiger partial charge in [0.2, 0.25) is 5.89 Å². The van der Waals surface area contributed by atoms with Crippen LogP contribution in [0.1, 0.15) is 54.3 Å². The zero-order chi connectivity index (χ0) is 17.6. The molecule has 1 aromatic carbocycles. The number of Topliss-reactive ketones (excluding diaryl/α,β-unsaturated/α-hetero) is 1. The topological polar surface area (TPSA) is 74.5 Å². The number of ether oxygens (including phenoxy) is 2. The molecule has 1 aliphatic rings. The van der Waals surface area contributed by atoms with Gasteiger partial charge in [-0.2, -0.15) is 0 Å². The fourth-order valence-electron chi connectivity index (χ4n) is 3.03. The van der Waals surface area contributed by atoms with Gasteiger partial charge in [0, 0.05) is 12.0 Å². The largest absolute Gasteiger partial charge is 0.497 e. The molecule has 0 saturated heterocycles. The average Bonchev–Trinajstić information content (AvgIpc) is 3.15. The fraction of sp³-hybridized carbons (Fsp3) is 0.500. The van der Waals surface area contributed by atoms with Gasteiger partial charge in [0.1, 0.15) is 11.5 Å². The Bertz CT molecular complexity index is 726. The van der Waals surface area contributed by atoms with E-state index in [9.17, 15) is 4.79 Å². The minimum atomic E-state index is -0.0538. The third-order valence-corrected chi connectivity index (χ3v) is 5.23. The van der Waals surface area contributed by atoms with Crippen molar-refractivity contribution in [3.8, 4) is 11.5 Å². The van der Waals surface area contributed by atoms with E-state index in [1.54, 1.807) is 25.3 Å². The van der Waals surface area contributed by atoms with E-state index in [1.807, 2.05) is 0 Å². The Morgan fingerprint density at radius 1 is 1.20 bits per heavy atom. The van der Waals surface area contributed by atoms with Crippen molar-refractivity contribution in [2.75, 3.05) is 20.0 Å². The number of hydrogen-bond acceptors (Lipinski definition) is 7. The van der Waals surface area contributed by atoms with Crippen LogP contribution in [0.4, 0.5) is 0 Å². The lowest BCUT2D eigenvalue weighted by Gasteiger charge is -2.17. The van der Waals surface area contributed by atoms with Gasteiger partial charge in [-0.05, 0) is 25.0 Å². The van der Waals surface area contributed by atoms with E-state index in [0.717, 1.165) is 12.8 Å². The van der Waals surface area contributed by atoms with Crippen molar-refractivity contribution in [3.63, 3.8) is 0 Å². The molecule has 134 valence electrons. The molecule has 0 amide bonds. The second-order valence-electron chi connectivity index (χ2n) is 6.02. The van der Waals surface area contributed by atoms with E-state index in [1.165, 1.54) is 38.1 Å². The van der Waals surface area contributed by atoms with Gasteiger partial charge in [-0.25, -0.2) is 0 Å². The SMILES string of the molecule is COc1ccc(C(=O)CSc2nnc(C3CCCCC3)o2)c(OC)c1. The highest BCUT2D eigenvalue weighted by molar-refractivity contribution is 7.99. The monoisotopic (exact) mass is 362 g/mol. The molecule has 2 aromatic rings. The quantitative estimate of drug-likeness (QED) is 0.542. The Hall–Kier alpha value is -2.02. The van der Waals surface area contributed by atoms with Gasteiger partial charge < -0.3 is 13.9 Å². The van der Waals surface area contributed by atoms with Crippen LogP contribution in [0.5, 0.6) is 11.5 Å². The van der Waals surface area contributed by atoms with Crippen LogP contribution in [-0.2, 0) is 0 Å². The molecule has 6 nitrogen and oxygen atoms in total. The summed E-state index contributed by atoms with van der Waals surface area (Å²) in [5.41, 5.74) is 0.516. The summed E-state index contributed by atoms with van der Waals surface area (Å²) in [5, 5.41) is 8.67. The smallest absolute Gasteiger partial charge is 0.277 e. The Balaban J connectivity index is 1.61. The van der Waals surface area contributed by atoms with Crippen LogP contribution in [-0.4, -0.2) is 36.0 Å². The van der Waals surface area contributed by atoms with E-state index in [2.05, 4.69) is 10.2 Å². The number of carbonyl (C=O) groups excluding carboxylic acids is 1. The summed E-state index contributed by atoms with van der Waals surface area (Å²) in [6.07, 6.45) is 5.92. The summed E-state index contributed by atoms with van der Waals surface area (Å²) in [5.74, 6) is 2.38. The van der Waals surface area contributed by atoms with Gasteiger partial charge >= 0.3 is 0 Å². The lowest BCUT2D eigenvalue weighted by molar-refractivity contribution is 0.101. The molecular formula is C18H22N2O4S. The number of benzene rings is 1. The molecule has 1 aliphatic carbocycles. The summed E-state index contributed by atoms with van der Waals surface area (Å²) >= 11 is 1.26. The molecule has 0 unspecified atom stereocenters. The number of ketones is 1. The number of nitrogens with zero attached hydrogens (tertiary/aromatic N) is 2. The number of methoxy groups -OCH3 is 2. The predicted molar refractivity (Wildman–Crippen MR) is 94.7 cm³/mol. The maximum absolute atomic E-state index is 12.5. The fourth-order valence-corrected chi connectivity index (χ4v) is 3.68. The molecule has 0 N–H and O–H groups in total. The normalized spacial score (nSPS) is 15.1. The van der Waals surface area contributed by atoms with Crippen molar-refractivity contribution in [2.45, 2.75) is 43.2 Å². The molecule has 0 atom stereocenters. The molecule has 0 bridgehead atoms. The maximum atomic E-state index is 12.5. The van der Waals surface area contributed by atoms with Crippen LogP contribution >= 0.6 is 11.8 Å². The number of hydrogen-bond donors (Lipinski definition) is 0. The second-order valence-corrected chi connectivity index (χ2v) is 6.95. The van der Waals surface area contributed by atoms with Crippen molar-refractivity contribution in [1.82, 2.24) is 10.2 Å². The van der Waals surface area contributed by atoms with Gasteiger partial charge in [-0.1, -0.05) is 31.0 Å². The van der Waals surface area contributed by atoms with Crippen LogP contribution in [0, 0.1) is 0 Å². The first-order chi connectivity index (χ1) is 12.2. The highest BCUT2D eigenvalue weighted by atomic mass is 32.2. The lowest BCUT2D eigenvalue weighted by atomic mass is 9.89. The first-order valence-electron chi connectivity index (χ1n) is 8.42. The average molecular weight is 362 g/mol. The molecule has 0 radical (unpaired) electrons. The Labute approximate surface area is 151 Å². The molecule has 0 spiro atoms. The van der Waals surface area contributed by atoms with E-state index in [-0.39, 0.29) is 11.5 Å². The first-order valence-corrected chi connectivity index (χ1v) is 9.41. The molecule has 1 saturated carbocycles. The van der Waals surface area contributed by atoms with E-state index in [4.69, 9.17) is 13.9 Å². The highest BCUT2D eigenvalue weighted by Gasteiger charge is 2.22. The zero-order valence-electron chi connectivity index (χ0n) is 14.5. The molecule has 1 heterocycles. The highest BCUT2D eigenvalue weighted by Crippen LogP contribution is 2.33. The van der Waals surface area contributed by atoms with Crippen molar-refractivity contribution in [3.05, 3.63) is 29.7 Å². The van der Waals surface area contributed by atoms with Crippen molar-refractivity contribution in [1.29, 1.82) is 0 Å². The molecule has 3 rings (SSSR count). The number of carbonyl (C=O) groups is 1. The van der Waals surface area contributed by atoms with Crippen LogP contribution in [0.15, 0.2) is 27.8 Å². The molecule has 7 heteroatoms. The first kappa shape index (κ1) is 17.8. The van der Waals surface area contributed by atoms with Crippen molar-refractivity contribution in [2.24, 2.45) is 0 Å². The molecular weight excluding hydrogens is 340 g/mol. The third kappa shape index (κ3) is 4.34. The zero-order valence-corrected chi connectivity index (χ0v) is 15.3. The maximum Gasteiger partial charge on any atom is 0.277 e. The number of rotatable bonds is 7. The molecule has 25 heavy (non-hydrogen) atoms. The molecule has 1 aromatic heterocycles. The van der Waals surface area contributed by atoms with Gasteiger partial charge in [0.25, 0.3) is 5.22 Å². The standard InChI is InChI=1S/C18H22N2O4S/c1-22-13-8-9-14(16(10-13)23-2)15(21)11-25-18-20-19-17(24-18)12-6-4-3-5-7-12/h8-10,12H,3-7,11H2,1-2H3. The van der Waals surface area contributed by atoms with Gasteiger partial charge in [0.05, 0.1) is 25.5 Å². The molecule has 0 aliphatic heterocycles. The Kier molecular flexibility index (Phi) is 5.96. The van der Waals surface area contributed by atoms with E-state index < -0.39 is 0 Å². The Morgan fingerprint density at radius 2 is 2.00 bits per heavy atom. The van der Waals surface area contributed by atoms with Crippen LogP contribution in [0.25, 0.3) is 0 Å². The van der Waals surface area contributed by atoms with Crippen molar-refractivity contribution < 1.29 is 18.7 Å². The summed E-state index contributed by atoms with van der Waals surface area (Å²) in [6, 6.07) is 5.15. The second kappa shape index (κ2) is 8.38. The molecule has 1 fully saturated rings. The van der Waals surface area contributed by atoms with Gasteiger partial charge in [-0.15, -0.1) is 10.2 Å². The van der Waals surface area contributed by atoms with Crippen LogP contribution in [0.2, 0.25) is 0 Å². The lowest BCUT2D eigenvalue weighted by Crippen LogP contribution is -2.05. The third-order valence-electron chi connectivity index (χ3n) is 4.41. The predicted octanol–water partition coefficient (Wildman–Crippen LogP) is 4.11. The van der Waals surface area contributed by atoms with E-state index >= 15 is 0 Å². The summed E-state index contributed by atoms with van der Waals surface area (Å²) in [4.78, 5) is 12.5. The van der Waals surface area contributed by atoms with Crippen LogP contribution in [0.3, 0.4) is 0 Å². The Morgan fingerprint density at radius 3 is 2.72 bits per heavy atom. The minimum absolute atomic E-state index is 0.0538. The summed E-state index contributed by atoms with van der Waals surface area (Å²) in [7, 11) is 3.11. The van der Waals surface area contributed by atoms with Gasteiger partial charge in [-0.3, -0.25) is 4.79 Å². The van der Waals surface area contributed by atoms with E-state index in [0.29, 0.717) is 34.1 Å². The minimum Gasteiger partial charge on any atom is -0.497 e. The summed E-state index contributed by atoms with van der Waals surface area (Å²) < 4.78 is 16.2. The number of thioether (sulfide) groups is 1. The number of aromatic nitrogens is 2. The van der Waals surface area contributed by atoms with Crippen LogP contribution < -0.4 is 9.47 Å². The van der Waals surface area contributed by atoms with Gasteiger partial charge in [0.15, 0.2) is 5.78 Å².